The molecule has 2 aromatic rings. The monoisotopic (exact) mass is 338 g/mol. The van der Waals surface area contributed by atoms with E-state index in [4.69, 9.17) is 4.74 Å². The maximum atomic E-state index is 12.3. The van der Waals surface area contributed by atoms with E-state index in [2.05, 4.69) is 5.32 Å². The van der Waals surface area contributed by atoms with Crippen LogP contribution < -0.4 is 10.1 Å². The van der Waals surface area contributed by atoms with E-state index < -0.39 is 0 Å². The van der Waals surface area contributed by atoms with E-state index in [0.717, 1.165) is 5.75 Å². The largest absolute Gasteiger partial charge is 0.487 e. The Morgan fingerprint density at radius 1 is 1.08 bits per heavy atom. The van der Waals surface area contributed by atoms with E-state index in [1.165, 1.54) is 0 Å². The van der Waals surface area contributed by atoms with E-state index in [9.17, 15) is 9.59 Å². The summed E-state index contributed by atoms with van der Waals surface area (Å²) in [5.74, 6) is 0.701. The summed E-state index contributed by atoms with van der Waals surface area (Å²) in [6, 6.07) is 18.4. The van der Waals surface area contributed by atoms with Crippen LogP contribution in [0.15, 0.2) is 60.7 Å². The summed E-state index contributed by atoms with van der Waals surface area (Å²) in [6.07, 6.45) is 0.331. The Kier molecular flexibility index (Phi) is 5.33. The second-order valence-corrected chi connectivity index (χ2v) is 6.30. The van der Waals surface area contributed by atoms with Crippen LogP contribution in [0.25, 0.3) is 0 Å². The first kappa shape index (κ1) is 17.0. The third kappa shape index (κ3) is 4.59. The minimum Gasteiger partial charge on any atom is -0.487 e. The molecule has 2 aromatic carbocycles. The number of carbonyl (C=O) groups excluding carboxylic acids is 2. The molecular weight excluding hydrogens is 316 g/mol. The zero-order valence-corrected chi connectivity index (χ0v) is 14.2. The molecule has 0 aromatic heterocycles. The lowest BCUT2D eigenvalue weighted by Crippen LogP contribution is -2.57. The van der Waals surface area contributed by atoms with Crippen molar-refractivity contribution in [2.45, 2.75) is 25.5 Å². The van der Waals surface area contributed by atoms with Crippen LogP contribution in [-0.4, -0.2) is 41.9 Å². The van der Waals surface area contributed by atoms with Crippen LogP contribution in [0.3, 0.4) is 0 Å². The van der Waals surface area contributed by atoms with Gasteiger partial charge in [0.2, 0.25) is 5.91 Å². The Bertz CT molecular complexity index is 712. The van der Waals surface area contributed by atoms with Crippen molar-refractivity contribution in [2.75, 3.05) is 13.1 Å². The summed E-state index contributed by atoms with van der Waals surface area (Å²) >= 11 is 0. The number of rotatable bonds is 6. The zero-order valence-electron chi connectivity index (χ0n) is 14.2. The summed E-state index contributed by atoms with van der Waals surface area (Å²) in [4.78, 5) is 26.1. The number of amides is 2. The van der Waals surface area contributed by atoms with E-state index >= 15 is 0 Å². The molecule has 0 radical (unpaired) electrons. The van der Waals surface area contributed by atoms with Gasteiger partial charge in [-0.1, -0.05) is 36.4 Å². The molecule has 3 rings (SSSR count). The van der Waals surface area contributed by atoms with Crippen molar-refractivity contribution < 1.29 is 14.3 Å². The molecule has 0 bridgehead atoms. The first-order chi connectivity index (χ1) is 12.1. The molecular formula is C20H22N2O3. The minimum atomic E-state index is -0.214. The molecule has 1 saturated heterocycles. The summed E-state index contributed by atoms with van der Waals surface area (Å²) in [5, 5.41) is 2.86. The van der Waals surface area contributed by atoms with Crippen LogP contribution in [0.1, 0.15) is 23.7 Å². The van der Waals surface area contributed by atoms with Crippen LogP contribution in [0.5, 0.6) is 5.75 Å². The molecule has 130 valence electrons. The topological polar surface area (TPSA) is 58.6 Å². The predicted molar refractivity (Wildman–Crippen MR) is 95.4 cm³/mol. The number of para-hydroxylation sites is 1. The van der Waals surface area contributed by atoms with Gasteiger partial charge in [0.25, 0.3) is 5.91 Å². The SMILES string of the molecule is CC(CC(=O)N1CC(Oc2ccccc2)C1)NC(=O)c1ccccc1. The molecule has 1 heterocycles. The van der Waals surface area contributed by atoms with Crippen LogP contribution in [0, 0.1) is 0 Å². The van der Waals surface area contributed by atoms with Gasteiger partial charge >= 0.3 is 0 Å². The molecule has 1 atom stereocenters. The normalized spacial score (nSPS) is 15.2. The number of nitrogens with one attached hydrogen (secondary N) is 1. The number of hydrogen-bond donors (Lipinski definition) is 1. The molecule has 25 heavy (non-hydrogen) atoms. The van der Waals surface area contributed by atoms with E-state index in [1.54, 1.807) is 17.0 Å². The molecule has 1 N–H and O–H groups in total. The lowest BCUT2D eigenvalue weighted by atomic mass is 10.1. The van der Waals surface area contributed by atoms with Crippen LogP contribution >= 0.6 is 0 Å². The van der Waals surface area contributed by atoms with E-state index in [0.29, 0.717) is 18.7 Å². The van der Waals surface area contributed by atoms with Crippen molar-refractivity contribution >= 4 is 11.8 Å². The maximum absolute atomic E-state index is 12.3. The molecule has 5 nitrogen and oxygen atoms in total. The standard InChI is InChI=1S/C20H22N2O3/c1-15(21-20(24)16-8-4-2-5-9-16)12-19(23)22-13-18(14-22)25-17-10-6-3-7-11-17/h2-11,15,18H,12-14H2,1H3,(H,21,24). The quantitative estimate of drug-likeness (QED) is 0.880. The Morgan fingerprint density at radius 2 is 1.68 bits per heavy atom. The van der Waals surface area contributed by atoms with Gasteiger partial charge in [-0.25, -0.2) is 0 Å². The number of likely N-dealkylation sites (tertiary alicyclic amines) is 1. The minimum absolute atomic E-state index is 0.0359. The molecule has 2 amide bonds. The van der Waals surface area contributed by atoms with Crippen molar-refractivity contribution in [1.29, 1.82) is 0 Å². The van der Waals surface area contributed by atoms with Crippen molar-refractivity contribution in [3.05, 3.63) is 66.2 Å². The van der Waals surface area contributed by atoms with Gasteiger partial charge in [-0.15, -0.1) is 0 Å². The molecule has 1 unspecified atom stereocenters. The van der Waals surface area contributed by atoms with Gasteiger partial charge in [0.15, 0.2) is 0 Å². The van der Waals surface area contributed by atoms with Gasteiger partial charge in [0.1, 0.15) is 11.9 Å². The van der Waals surface area contributed by atoms with Crippen molar-refractivity contribution in [2.24, 2.45) is 0 Å². The lowest BCUT2D eigenvalue weighted by molar-refractivity contribution is -0.140. The predicted octanol–water partition coefficient (Wildman–Crippen LogP) is 2.48. The van der Waals surface area contributed by atoms with Crippen molar-refractivity contribution in [3.63, 3.8) is 0 Å². The van der Waals surface area contributed by atoms with Gasteiger partial charge in [-0.3, -0.25) is 9.59 Å². The molecule has 1 aliphatic heterocycles. The number of hydrogen-bond acceptors (Lipinski definition) is 3. The van der Waals surface area contributed by atoms with E-state index in [1.807, 2.05) is 55.5 Å². The number of ether oxygens (including phenoxy) is 1. The summed E-state index contributed by atoms with van der Waals surface area (Å²) < 4.78 is 5.79. The summed E-state index contributed by atoms with van der Waals surface area (Å²) in [7, 11) is 0. The zero-order chi connectivity index (χ0) is 17.6. The first-order valence-corrected chi connectivity index (χ1v) is 8.47. The third-order valence-corrected chi connectivity index (χ3v) is 4.14. The fourth-order valence-electron chi connectivity index (χ4n) is 2.75. The van der Waals surface area contributed by atoms with Gasteiger partial charge in [-0.2, -0.15) is 0 Å². The van der Waals surface area contributed by atoms with Gasteiger partial charge in [-0.05, 0) is 31.2 Å². The molecule has 5 heteroatoms. The van der Waals surface area contributed by atoms with Gasteiger partial charge < -0.3 is 15.0 Å². The fourth-order valence-corrected chi connectivity index (χ4v) is 2.75. The highest BCUT2D eigenvalue weighted by Crippen LogP contribution is 2.18. The highest BCUT2D eigenvalue weighted by atomic mass is 16.5. The van der Waals surface area contributed by atoms with Crippen LogP contribution in [0.4, 0.5) is 0 Å². The van der Waals surface area contributed by atoms with Gasteiger partial charge in [0.05, 0.1) is 13.1 Å². The fraction of sp³-hybridized carbons (Fsp3) is 0.300. The molecule has 1 fully saturated rings. The van der Waals surface area contributed by atoms with E-state index in [-0.39, 0.29) is 30.4 Å². The number of nitrogens with zero attached hydrogens (tertiary/aromatic N) is 1. The number of carbonyl (C=O) groups is 2. The Morgan fingerprint density at radius 3 is 2.32 bits per heavy atom. The molecule has 0 aliphatic carbocycles. The maximum Gasteiger partial charge on any atom is 0.251 e. The highest BCUT2D eigenvalue weighted by Gasteiger charge is 2.32. The second-order valence-electron chi connectivity index (χ2n) is 6.30. The molecule has 1 aliphatic rings. The highest BCUT2D eigenvalue weighted by molar-refractivity contribution is 5.94. The average molecular weight is 338 g/mol. The number of benzene rings is 2. The average Bonchev–Trinajstić information content (AvgIpc) is 2.59. The summed E-state index contributed by atoms with van der Waals surface area (Å²) in [5.41, 5.74) is 0.599. The van der Waals surface area contributed by atoms with Crippen molar-refractivity contribution in [1.82, 2.24) is 10.2 Å². The smallest absolute Gasteiger partial charge is 0.251 e. The third-order valence-electron chi connectivity index (χ3n) is 4.14. The first-order valence-electron chi connectivity index (χ1n) is 8.47. The second kappa shape index (κ2) is 7.83. The van der Waals surface area contributed by atoms with Crippen LogP contribution in [-0.2, 0) is 4.79 Å². The van der Waals surface area contributed by atoms with Gasteiger partial charge in [0, 0.05) is 18.0 Å². The lowest BCUT2D eigenvalue weighted by Gasteiger charge is -2.39. The Labute approximate surface area is 147 Å². The molecule has 0 spiro atoms. The molecule has 0 saturated carbocycles. The van der Waals surface area contributed by atoms with Crippen molar-refractivity contribution in [3.8, 4) is 5.75 Å². The Balaban J connectivity index is 1.40. The summed E-state index contributed by atoms with van der Waals surface area (Å²) in [6.45, 7) is 3.02. The Hall–Kier alpha value is -2.82. The van der Waals surface area contributed by atoms with Crippen LogP contribution in [0.2, 0.25) is 0 Å².